The Morgan fingerprint density at radius 1 is 1.03 bits per heavy atom. The highest BCUT2D eigenvalue weighted by Gasteiger charge is 2.23. The van der Waals surface area contributed by atoms with Crippen molar-refractivity contribution in [2.75, 3.05) is 12.3 Å². The van der Waals surface area contributed by atoms with Crippen molar-refractivity contribution in [1.82, 2.24) is 24.6 Å². The number of hydrogen-bond acceptors (Lipinski definition) is 7. The van der Waals surface area contributed by atoms with Crippen LogP contribution in [0.25, 0.3) is 22.3 Å². The molecule has 2 heterocycles. The van der Waals surface area contributed by atoms with Crippen molar-refractivity contribution >= 4 is 34.4 Å². The van der Waals surface area contributed by atoms with E-state index in [-0.39, 0.29) is 35.7 Å². The van der Waals surface area contributed by atoms with Crippen molar-refractivity contribution in [3.63, 3.8) is 0 Å². The second kappa shape index (κ2) is 10.1. The number of nitrogens with two attached hydrogens (primary N) is 1. The number of anilines is 1. The van der Waals surface area contributed by atoms with E-state index in [2.05, 4.69) is 28.2 Å². The molecule has 0 bridgehead atoms. The molecular weight excluding hydrogens is 463 g/mol. The highest BCUT2D eigenvalue weighted by Crippen LogP contribution is 2.31. The molecule has 10 heteroatoms. The summed E-state index contributed by atoms with van der Waals surface area (Å²) in [6.45, 7) is 6.92. The Labute approximate surface area is 205 Å². The Morgan fingerprint density at radius 2 is 1.78 bits per heavy atom. The van der Waals surface area contributed by atoms with Gasteiger partial charge in [0.15, 0.2) is 11.4 Å². The van der Waals surface area contributed by atoms with Gasteiger partial charge in [0.25, 0.3) is 11.8 Å². The number of rotatable bonds is 8. The number of nitrogen functional groups attached to an aromatic ring is 1. The van der Waals surface area contributed by atoms with E-state index < -0.39 is 23.4 Å². The highest BCUT2D eigenvalue weighted by molar-refractivity contribution is 6.08. The smallest absolute Gasteiger partial charge is 0.260 e. The van der Waals surface area contributed by atoms with E-state index in [0.29, 0.717) is 16.6 Å². The van der Waals surface area contributed by atoms with Gasteiger partial charge in [-0.1, -0.05) is 31.4 Å². The molecule has 2 aromatic heterocycles. The van der Waals surface area contributed by atoms with E-state index in [1.807, 2.05) is 0 Å². The SMILES string of the molecule is C=CC(=O)c1cc(F)cc(-c2nn(CCN(C(=O)C=C)C(=O)c3ccccc3)c3ncnc(N)c23)c1. The van der Waals surface area contributed by atoms with Crippen LogP contribution in [0, 0.1) is 5.82 Å². The number of hydrogen-bond donors (Lipinski definition) is 1. The number of benzene rings is 2. The van der Waals surface area contributed by atoms with E-state index in [4.69, 9.17) is 5.73 Å². The van der Waals surface area contributed by atoms with Crippen molar-refractivity contribution in [2.24, 2.45) is 0 Å². The number of imide groups is 1. The van der Waals surface area contributed by atoms with Crippen molar-refractivity contribution in [3.8, 4) is 11.3 Å². The quantitative estimate of drug-likeness (QED) is 0.300. The topological polar surface area (TPSA) is 124 Å². The van der Waals surface area contributed by atoms with Gasteiger partial charge in [-0.3, -0.25) is 19.3 Å². The summed E-state index contributed by atoms with van der Waals surface area (Å²) in [5.41, 5.74) is 7.38. The van der Waals surface area contributed by atoms with Crippen molar-refractivity contribution < 1.29 is 18.8 Å². The van der Waals surface area contributed by atoms with Crippen LogP contribution in [0.5, 0.6) is 0 Å². The molecule has 0 atom stereocenters. The average Bonchev–Trinajstić information content (AvgIpc) is 3.28. The maximum Gasteiger partial charge on any atom is 0.260 e. The van der Waals surface area contributed by atoms with Crippen LogP contribution in [0.4, 0.5) is 10.2 Å². The summed E-state index contributed by atoms with van der Waals surface area (Å²) in [7, 11) is 0. The summed E-state index contributed by atoms with van der Waals surface area (Å²) in [6.07, 6.45) is 3.39. The maximum absolute atomic E-state index is 14.4. The third-order valence-electron chi connectivity index (χ3n) is 5.44. The number of carbonyl (C=O) groups is 3. The predicted octanol–water partition coefficient (Wildman–Crippen LogP) is 3.44. The molecule has 0 fully saturated rings. The summed E-state index contributed by atoms with van der Waals surface area (Å²) in [5.74, 6) is -2.08. The molecule has 0 saturated heterocycles. The first-order valence-electron chi connectivity index (χ1n) is 10.8. The molecule has 0 saturated carbocycles. The lowest BCUT2D eigenvalue weighted by Crippen LogP contribution is -2.38. The minimum absolute atomic E-state index is 0.0535. The summed E-state index contributed by atoms with van der Waals surface area (Å²) < 4.78 is 15.8. The standard InChI is InChI=1S/C26H21FN6O3/c1-3-20(34)17-12-18(14-19(27)13-17)23-22-24(28)29-15-30-25(22)33(31-23)11-10-32(21(35)4-2)26(36)16-8-6-5-7-9-16/h3-9,12-15H,1-2,10-11H2,(H2,28,29,30). The average molecular weight is 484 g/mol. The van der Waals surface area contributed by atoms with E-state index >= 15 is 0 Å². The van der Waals surface area contributed by atoms with Crippen LogP contribution in [0.1, 0.15) is 20.7 Å². The minimum atomic E-state index is -0.646. The Kier molecular flexibility index (Phi) is 6.77. The largest absolute Gasteiger partial charge is 0.383 e. The summed E-state index contributed by atoms with van der Waals surface area (Å²) in [5, 5.41) is 4.88. The molecule has 0 aliphatic carbocycles. The van der Waals surface area contributed by atoms with Crippen LogP contribution < -0.4 is 5.73 Å². The molecule has 0 unspecified atom stereocenters. The first-order chi connectivity index (χ1) is 17.3. The molecular formula is C26H21FN6O3. The van der Waals surface area contributed by atoms with Gasteiger partial charge in [-0.2, -0.15) is 5.10 Å². The zero-order valence-corrected chi connectivity index (χ0v) is 19.1. The predicted molar refractivity (Wildman–Crippen MR) is 132 cm³/mol. The van der Waals surface area contributed by atoms with Crippen molar-refractivity contribution in [3.05, 3.63) is 97.1 Å². The van der Waals surface area contributed by atoms with Crippen LogP contribution >= 0.6 is 0 Å². The Bertz CT molecular complexity index is 1510. The van der Waals surface area contributed by atoms with Crippen molar-refractivity contribution in [2.45, 2.75) is 6.54 Å². The number of aromatic nitrogens is 4. The summed E-state index contributed by atoms with van der Waals surface area (Å²) in [6, 6.07) is 12.1. The molecule has 0 radical (unpaired) electrons. The molecule has 0 spiro atoms. The highest BCUT2D eigenvalue weighted by atomic mass is 19.1. The van der Waals surface area contributed by atoms with Gasteiger partial charge in [0.1, 0.15) is 23.7 Å². The number of ketones is 1. The van der Waals surface area contributed by atoms with Crippen LogP contribution in [0.2, 0.25) is 0 Å². The van der Waals surface area contributed by atoms with Gasteiger partial charge in [0.05, 0.1) is 11.9 Å². The molecule has 36 heavy (non-hydrogen) atoms. The molecule has 180 valence electrons. The van der Waals surface area contributed by atoms with Gasteiger partial charge >= 0.3 is 0 Å². The monoisotopic (exact) mass is 484 g/mol. The first-order valence-corrected chi connectivity index (χ1v) is 10.8. The number of nitrogens with zero attached hydrogens (tertiary/aromatic N) is 5. The van der Waals surface area contributed by atoms with Gasteiger partial charge in [-0.15, -0.1) is 0 Å². The van der Waals surface area contributed by atoms with Crippen LogP contribution in [0.3, 0.4) is 0 Å². The van der Waals surface area contributed by atoms with Gasteiger partial charge in [0, 0.05) is 23.2 Å². The normalized spacial score (nSPS) is 10.7. The van der Waals surface area contributed by atoms with Gasteiger partial charge in [-0.25, -0.2) is 19.0 Å². The Balaban J connectivity index is 1.75. The molecule has 2 aromatic carbocycles. The zero-order valence-electron chi connectivity index (χ0n) is 19.1. The third-order valence-corrected chi connectivity index (χ3v) is 5.44. The van der Waals surface area contributed by atoms with Gasteiger partial charge in [-0.05, 0) is 42.5 Å². The maximum atomic E-state index is 14.4. The molecule has 0 aliphatic rings. The molecule has 2 amide bonds. The molecule has 0 aliphatic heterocycles. The number of allylic oxidation sites excluding steroid dienone is 1. The zero-order chi connectivity index (χ0) is 25.8. The van der Waals surface area contributed by atoms with Crippen molar-refractivity contribution in [1.29, 1.82) is 0 Å². The number of carbonyl (C=O) groups excluding carboxylic acids is 3. The molecule has 4 aromatic rings. The van der Waals surface area contributed by atoms with E-state index in [1.54, 1.807) is 30.3 Å². The Morgan fingerprint density at radius 3 is 2.47 bits per heavy atom. The van der Waals surface area contributed by atoms with Gasteiger partial charge < -0.3 is 5.73 Å². The first kappa shape index (κ1) is 24.1. The van der Waals surface area contributed by atoms with E-state index in [0.717, 1.165) is 23.1 Å². The lowest BCUT2D eigenvalue weighted by molar-refractivity contribution is -0.123. The van der Waals surface area contributed by atoms with Crippen LogP contribution in [-0.4, -0.2) is 48.8 Å². The second-order valence-corrected chi connectivity index (χ2v) is 7.69. The molecule has 2 N–H and O–H groups in total. The lowest BCUT2D eigenvalue weighted by atomic mass is 10.0. The Hall–Kier alpha value is -4.99. The number of amides is 2. The number of fused-ring (bicyclic) bond motifs is 1. The van der Waals surface area contributed by atoms with Gasteiger partial charge in [0.2, 0.25) is 0 Å². The summed E-state index contributed by atoms with van der Waals surface area (Å²) >= 11 is 0. The fourth-order valence-corrected chi connectivity index (χ4v) is 3.73. The molecule has 4 rings (SSSR count). The second-order valence-electron chi connectivity index (χ2n) is 7.69. The summed E-state index contributed by atoms with van der Waals surface area (Å²) in [4.78, 5) is 46.9. The van der Waals surface area contributed by atoms with E-state index in [1.165, 1.54) is 23.1 Å². The lowest BCUT2D eigenvalue weighted by Gasteiger charge is -2.19. The third kappa shape index (κ3) is 4.64. The fraction of sp³-hybridized carbons (Fsp3) is 0.0769. The number of halogens is 1. The van der Waals surface area contributed by atoms with Crippen LogP contribution in [0.15, 0.2) is 80.2 Å². The minimum Gasteiger partial charge on any atom is -0.383 e. The van der Waals surface area contributed by atoms with E-state index in [9.17, 15) is 18.8 Å². The fourth-order valence-electron chi connectivity index (χ4n) is 3.73. The van der Waals surface area contributed by atoms with Crippen LogP contribution in [-0.2, 0) is 11.3 Å². The molecule has 9 nitrogen and oxygen atoms in total.